The van der Waals surface area contributed by atoms with E-state index < -0.39 is 0 Å². The molecule has 4 atom stereocenters. The van der Waals surface area contributed by atoms with Gasteiger partial charge in [0, 0.05) is 213 Å². The highest BCUT2D eigenvalue weighted by atomic mass is 16.5. The molecule has 0 amide bonds. The average Bonchev–Trinajstić information content (AvgIpc) is 1.40. The smallest absolute Gasteiger partial charge is 0.172 e. The maximum Gasteiger partial charge on any atom is 0.172 e. The zero-order valence-electron chi connectivity index (χ0n) is 81.9. The number of hydrogen-bond acceptors (Lipinski definition) is 16. The Hall–Kier alpha value is -13.4. The summed E-state index contributed by atoms with van der Waals surface area (Å²) in [6.07, 6.45) is 59.4. The molecule has 20 heteroatoms. The van der Waals surface area contributed by atoms with E-state index in [1.54, 1.807) is 49.6 Å². The highest BCUT2D eigenvalue weighted by Crippen LogP contribution is 2.61. The summed E-state index contributed by atoms with van der Waals surface area (Å²) in [6, 6.07) is 51.2. The van der Waals surface area contributed by atoms with Gasteiger partial charge in [-0.2, -0.15) is 0 Å². The van der Waals surface area contributed by atoms with Gasteiger partial charge >= 0.3 is 0 Å². The van der Waals surface area contributed by atoms with Gasteiger partial charge in [-0.15, -0.1) is 0 Å². The van der Waals surface area contributed by atoms with Crippen LogP contribution in [0.25, 0.3) is 89.7 Å². The van der Waals surface area contributed by atoms with Crippen LogP contribution in [0, 0.1) is 0 Å². The Bertz CT molecular complexity index is 5880. The fraction of sp³-hybridized carbons (Fsp3) is 0.400. The minimum Gasteiger partial charge on any atom is -0.453 e. The number of hydrogen-bond donors (Lipinski definition) is 4. The van der Waals surface area contributed by atoms with Crippen molar-refractivity contribution < 1.29 is 37.9 Å². The monoisotopic (exact) mass is 1870 g/mol. The third-order valence-electron chi connectivity index (χ3n) is 29.7. The Morgan fingerprint density at radius 1 is 0.186 bits per heavy atom. The summed E-state index contributed by atoms with van der Waals surface area (Å²) in [6.45, 7) is 9.22. The number of nitrogens with zero attached hydrogens (tertiary/aromatic N) is 8. The number of unbranched alkanes of at least 4 members (excludes halogenated alkanes) is 32. The number of imidazole rings is 4. The molecule has 0 saturated heterocycles. The molecule has 4 unspecified atom stereocenters. The van der Waals surface area contributed by atoms with Gasteiger partial charge in [0.15, 0.2) is 46.0 Å². The molecule has 1 aliphatic carbocycles. The minimum atomic E-state index is -0.351. The van der Waals surface area contributed by atoms with E-state index in [0.717, 1.165) is 192 Å². The Labute approximate surface area is 822 Å². The zero-order valence-corrected chi connectivity index (χ0v) is 81.9. The number of aromatic nitrogens is 12. The maximum atomic E-state index is 8.02. The Kier molecular flexibility index (Phi) is 29.2. The van der Waals surface area contributed by atoms with E-state index >= 15 is 0 Å². The Morgan fingerprint density at radius 2 is 0.350 bits per heavy atom. The van der Waals surface area contributed by atoms with Crippen LogP contribution in [-0.2, 0) is 0 Å². The molecule has 720 valence electrons. The van der Waals surface area contributed by atoms with Crippen LogP contribution >= 0.6 is 0 Å². The second-order valence-corrected chi connectivity index (χ2v) is 39.8. The lowest BCUT2D eigenvalue weighted by molar-refractivity contribution is 0.401. The van der Waals surface area contributed by atoms with Gasteiger partial charge in [0.1, 0.15) is 69.3 Å². The topological polar surface area (TPSA) is 240 Å². The summed E-state index contributed by atoms with van der Waals surface area (Å²) in [7, 11) is 0. The molecule has 0 fully saturated rings. The largest absolute Gasteiger partial charge is 0.453 e. The van der Waals surface area contributed by atoms with Crippen molar-refractivity contribution in [3.63, 3.8) is 0 Å². The lowest BCUT2D eigenvalue weighted by Crippen LogP contribution is -2.13. The first-order valence-electron chi connectivity index (χ1n) is 53.1. The zero-order chi connectivity index (χ0) is 94.5. The van der Waals surface area contributed by atoms with Gasteiger partial charge in [-0.1, -0.05) is 259 Å². The fourth-order valence-corrected chi connectivity index (χ4v) is 22.1. The molecule has 8 aromatic carbocycles. The van der Waals surface area contributed by atoms with E-state index in [-0.39, 0.29) is 23.7 Å². The van der Waals surface area contributed by atoms with Crippen molar-refractivity contribution in [3.8, 4) is 138 Å². The molecule has 12 heterocycles. The van der Waals surface area contributed by atoms with E-state index in [4.69, 9.17) is 57.8 Å². The molecule has 4 aliphatic heterocycles. The predicted octanol–water partition coefficient (Wildman–Crippen LogP) is 35.6. The minimum absolute atomic E-state index is 0.351. The second kappa shape index (κ2) is 44.0. The fourth-order valence-electron chi connectivity index (χ4n) is 22.1. The molecule has 0 saturated carbocycles. The van der Waals surface area contributed by atoms with Gasteiger partial charge in [0.05, 0.1) is 44.1 Å². The van der Waals surface area contributed by atoms with E-state index in [0.29, 0.717) is 137 Å². The van der Waals surface area contributed by atoms with E-state index in [1.165, 1.54) is 154 Å². The van der Waals surface area contributed by atoms with Crippen molar-refractivity contribution in [3.05, 3.63) is 240 Å². The Morgan fingerprint density at radius 3 is 0.529 bits per heavy atom. The normalized spacial score (nSPS) is 15.2. The third-order valence-corrected chi connectivity index (χ3v) is 29.7. The highest BCUT2D eigenvalue weighted by Gasteiger charge is 2.40. The van der Waals surface area contributed by atoms with Crippen LogP contribution in [0.5, 0.6) is 92.0 Å². The van der Waals surface area contributed by atoms with Gasteiger partial charge in [0.25, 0.3) is 0 Å². The van der Waals surface area contributed by atoms with Gasteiger partial charge in [-0.3, -0.25) is 19.9 Å². The molecule has 16 aromatic rings. The summed E-state index contributed by atoms with van der Waals surface area (Å²) in [5.74, 6) is 10.4. The number of pyridine rings is 4. The molecular formula is C120H132N12O8. The number of nitrogens with one attached hydrogen (secondary N) is 4. The lowest BCUT2D eigenvalue weighted by Gasteiger charge is -2.30. The highest BCUT2D eigenvalue weighted by molar-refractivity contribution is 5.88. The number of rotatable bonds is 44. The first-order chi connectivity index (χ1) is 69.2. The molecule has 0 spiro atoms. The van der Waals surface area contributed by atoms with Crippen LogP contribution in [-0.4, -0.2) is 59.8 Å². The quantitative estimate of drug-likeness (QED) is 0.0260. The molecule has 4 N–H and O–H groups in total. The third kappa shape index (κ3) is 20.8. The van der Waals surface area contributed by atoms with Crippen molar-refractivity contribution in [2.24, 2.45) is 0 Å². The van der Waals surface area contributed by atoms with Crippen LogP contribution in [0.15, 0.2) is 195 Å². The van der Waals surface area contributed by atoms with Crippen molar-refractivity contribution >= 4 is 44.1 Å². The van der Waals surface area contributed by atoms with Gasteiger partial charge in [0.2, 0.25) is 0 Å². The number of aromatic amines is 4. The maximum absolute atomic E-state index is 8.02. The van der Waals surface area contributed by atoms with Crippen molar-refractivity contribution in [2.75, 3.05) is 0 Å². The van der Waals surface area contributed by atoms with Gasteiger partial charge in [-0.25, -0.2) is 19.9 Å². The first-order valence-corrected chi connectivity index (χ1v) is 53.1. The SMILES string of the molecule is CCCCCCCCCCCC1c2cc3c4cc2Oc2cc5nc(-c6ccncc6)[nH]c5cc2Oc2cc5c(cc21)C(CCCCCCCCCCC)c1cc2c(cc1Oc1cc6[nH]c(-c7ccncc7)nc6cc1O5)Oc1cc5nc(-c6ccncc6)[nH]c5cc1Oc1cc(c(cc1C2CCCCCCCCCCC)C3CCCCCCCCCCC)Oc1cc2nc(-c3ccncc3)[nH]c2cc1O4. The van der Waals surface area contributed by atoms with E-state index in [2.05, 4.69) is 140 Å². The van der Waals surface area contributed by atoms with Crippen molar-refractivity contribution in [1.29, 1.82) is 0 Å². The predicted molar refractivity (Wildman–Crippen MR) is 558 cm³/mol. The van der Waals surface area contributed by atoms with Crippen LogP contribution in [0.2, 0.25) is 0 Å². The summed E-state index contributed by atoms with van der Waals surface area (Å²) in [5.41, 5.74) is 17.7. The van der Waals surface area contributed by atoms with E-state index in [1.807, 2.05) is 72.8 Å². The number of fused-ring (bicyclic) bond motifs is 8. The molecule has 20 nitrogen and oxygen atoms in total. The molecule has 140 heavy (non-hydrogen) atoms. The van der Waals surface area contributed by atoms with Gasteiger partial charge in [-0.05, 0) is 98.5 Å². The molecule has 8 aromatic heterocycles. The number of H-pyrrole nitrogens is 4. The van der Waals surface area contributed by atoms with Crippen LogP contribution in [0.1, 0.15) is 353 Å². The van der Waals surface area contributed by atoms with E-state index in [9.17, 15) is 0 Å². The molecular weight excluding hydrogens is 1740 g/mol. The number of ether oxygens (including phenoxy) is 8. The van der Waals surface area contributed by atoms with Crippen molar-refractivity contribution in [1.82, 2.24) is 59.8 Å². The summed E-state index contributed by atoms with van der Waals surface area (Å²) < 4.78 is 64.1. The van der Waals surface area contributed by atoms with Crippen LogP contribution in [0.4, 0.5) is 0 Å². The van der Waals surface area contributed by atoms with Crippen LogP contribution < -0.4 is 37.9 Å². The van der Waals surface area contributed by atoms with Gasteiger partial charge < -0.3 is 57.8 Å². The number of benzene rings is 8. The molecule has 8 bridgehead atoms. The lowest BCUT2D eigenvalue weighted by atomic mass is 9.76. The first kappa shape index (κ1) is 93.0. The summed E-state index contributed by atoms with van der Waals surface area (Å²) >= 11 is 0. The molecule has 5 aliphatic rings. The summed E-state index contributed by atoms with van der Waals surface area (Å²) in [4.78, 5) is 54.0. The Balaban J connectivity index is 0.862. The van der Waals surface area contributed by atoms with Crippen LogP contribution in [0.3, 0.4) is 0 Å². The summed E-state index contributed by atoms with van der Waals surface area (Å²) in [5, 5.41) is 0. The molecule has 0 radical (unpaired) electrons. The average molecular weight is 1870 g/mol. The second-order valence-electron chi connectivity index (χ2n) is 39.8. The standard InChI is InChI=1S/C120H132N12O8/c1-5-9-13-17-21-25-29-33-37-41-81-85-61-87-82(42-38-34-30-26-22-18-14-10-6-2)89-63-91-84(44-40-36-32-28-24-20-16-12-8-4)92-64-90-83(43-39-35-31-27-23-19-15-11-7-3)88-62-86(81)102-74-104(88)136-112-68-96-98(130-119(128-96)79-49-57-123-58-50-79)70-114(112)138-106(90)76-108(92)140-116-72-100-99(131-120(132-100)80-51-59-124-60-52-80)71-115(116)139-107(91)75-105(89)137-113-69-97-95(127-118(129-97)78-47-55-122-56-48-78)67-111(113)135-103(87)73-101(85)133-109-65-93-94(66-110(109)134-102)126-117(125-93)77-45-53-121-54-46-77/h45-76,81-84H,5-44H2,1-4H3,(H,125,126)(H,127,129)(H,128,130)(H,131,132). The van der Waals surface area contributed by atoms with Crippen molar-refractivity contribution in [2.45, 2.75) is 308 Å². The molecule has 21 rings (SSSR count).